The lowest BCUT2D eigenvalue weighted by atomic mass is 9.91. The van der Waals surface area contributed by atoms with Gasteiger partial charge in [-0.05, 0) is 23.3 Å². The number of nitro groups is 1. The second-order valence-corrected chi connectivity index (χ2v) is 6.66. The number of non-ortho nitro benzene ring substituents is 1. The lowest BCUT2D eigenvalue weighted by molar-refractivity contribution is -0.384. The van der Waals surface area contributed by atoms with E-state index in [0.29, 0.717) is 5.69 Å². The van der Waals surface area contributed by atoms with Crippen molar-refractivity contribution in [1.29, 1.82) is 0 Å². The first-order valence-corrected chi connectivity index (χ1v) is 9.00. The van der Waals surface area contributed by atoms with Crippen LogP contribution in [0.2, 0.25) is 0 Å². The molecule has 2 N–H and O–H groups in total. The van der Waals surface area contributed by atoms with Crippen molar-refractivity contribution in [3.8, 4) is 0 Å². The maximum Gasteiger partial charge on any atom is 0.353 e. The van der Waals surface area contributed by atoms with Crippen LogP contribution in [0.5, 0.6) is 0 Å². The van der Waals surface area contributed by atoms with Crippen LogP contribution in [0, 0.1) is 10.1 Å². The molecule has 0 aliphatic carbocycles. The van der Waals surface area contributed by atoms with Crippen LogP contribution in [0.15, 0.2) is 84.9 Å². The van der Waals surface area contributed by atoms with Gasteiger partial charge in [0, 0.05) is 19.2 Å². The minimum absolute atomic E-state index is 0.0397. The summed E-state index contributed by atoms with van der Waals surface area (Å²) in [7, 11) is 1.64. The smallest absolute Gasteiger partial charge is 0.259 e. The highest BCUT2D eigenvalue weighted by Gasteiger charge is 2.44. The molecule has 1 aliphatic rings. The second kappa shape index (κ2) is 7.34. The lowest BCUT2D eigenvalue weighted by Crippen LogP contribution is -2.73. The summed E-state index contributed by atoms with van der Waals surface area (Å²) in [5, 5.41) is 13.8. The van der Waals surface area contributed by atoms with E-state index in [4.69, 9.17) is 0 Å². The molecule has 4 rings (SSSR count). The van der Waals surface area contributed by atoms with Crippen LogP contribution in [-0.4, -0.2) is 23.0 Å². The predicted molar refractivity (Wildman–Crippen MR) is 109 cm³/mol. The van der Waals surface area contributed by atoms with Crippen molar-refractivity contribution in [2.75, 3.05) is 12.1 Å². The summed E-state index contributed by atoms with van der Waals surface area (Å²) in [6.45, 7) is 0. The number of hydrogen-bond acceptors (Lipinski definition) is 5. The van der Waals surface area contributed by atoms with E-state index in [1.165, 1.54) is 22.2 Å². The van der Waals surface area contributed by atoms with Gasteiger partial charge in [-0.15, -0.1) is 0 Å². The number of carbonyl (C=O) groups excluding carboxylic acids is 1. The van der Waals surface area contributed by atoms with Gasteiger partial charge in [-0.2, -0.15) is 5.43 Å². The molecular formula is C21H19N5O3. The summed E-state index contributed by atoms with van der Waals surface area (Å²) in [6, 6.07) is 24.9. The zero-order chi connectivity index (χ0) is 20.4. The van der Waals surface area contributed by atoms with E-state index in [1.807, 2.05) is 60.7 Å². The molecule has 1 aliphatic heterocycles. The molecule has 146 valence electrons. The van der Waals surface area contributed by atoms with E-state index in [1.54, 1.807) is 19.2 Å². The minimum atomic E-state index is -0.924. The normalized spacial score (nSPS) is 16.0. The van der Waals surface area contributed by atoms with Crippen molar-refractivity contribution >= 4 is 17.4 Å². The molecule has 0 aromatic heterocycles. The SMILES string of the molecule is CN1NC(c2ccccc2)(c2ccccc2)NN(c2ccc([N+](=O)[O-])cc2)C1=O. The third-order valence-electron chi connectivity index (χ3n) is 4.83. The molecule has 0 bridgehead atoms. The van der Waals surface area contributed by atoms with E-state index in [-0.39, 0.29) is 11.7 Å². The molecule has 3 aromatic carbocycles. The number of anilines is 1. The molecular weight excluding hydrogens is 370 g/mol. The van der Waals surface area contributed by atoms with Crippen molar-refractivity contribution in [2.45, 2.75) is 5.66 Å². The van der Waals surface area contributed by atoms with Crippen LogP contribution in [0.3, 0.4) is 0 Å². The number of rotatable bonds is 4. The fourth-order valence-electron chi connectivity index (χ4n) is 3.39. The van der Waals surface area contributed by atoms with Gasteiger partial charge in [0.25, 0.3) is 5.69 Å². The summed E-state index contributed by atoms with van der Waals surface area (Å²) in [4.78, 5) is 23.4. The summed E-state index contributed by atoms with van der Waals surface area (Å²) in [5.41, 5.74) is 7.90. The molecule has 8 nitrogen and oxygen atoms in total. The Labute approximate surface area is 167 Å². The van der Waals surface area contributed by atoms with Crippen molar-refractivity contribution in [2.24, 2.45) is 0 Å². The molecule has 1 saturated heterocycles. The average Bonchev–Trinajstić information content (AvgIpc) is 2.77. The molecule has 0 atom stereocenters. The van der Waals surface area contributed by atoms with E-state index >= 15 is 0 Å². The van der Waals surface area contributed by atoms with Crippen molar-refractivity contribution in [3.63, 3.8) is 0 Å². The van der Waals surface area contributed by atoms with E-state index in [0.717, 1.165) is 11.1 Å². The Kier molecular flexibility index (Phi) is 4.71. The first kappa shape index (κ1) is 18.6. The second-order valence-electron chi connectivity index (χ2n) is 6.66. The molecule has 0 spiro atoms. The van der Waals surface area contributed by atoms with E-state index in [2.05, 4.69) is 10.9 Å². The molecule has 3 aromatic rings. The van der Waals surface area contributed by atoms with Gasteiger partial charge in [-0.1, -0.05) is 60.7 Å². The van der Waals surface area contributed by atoms with Gasteiger partial charge in [0.05, 0.1) is 10.6 Å². The quantitative estimate of drug-likeness (QED) is 0.527. The van der Waals surface area contributed by atoms with Gasteiger partial charge in [-0.3, -0.25) is 15.1 Å². The highest BCUT2D eigenvalue weighted by molar-refractivity contribution is 5.91. The molecule has 0 unspecified atom stereocenters. The Morgan fingerprint density at radius 3 is 1.83 bits per heavy atom. The highest BCUT2D eigenvalue weighted by Crippen LogP contribution is 2.32. The Balaban J connectivity index is 1.82. The van der Waals surface area contributed by atoms with Gasteiger partial charge in [0.1, 0.15) is 0 Å². The minimum Gasteiger partial charge on any atom is -0.259 e. The van der Waals surface area contributed by atoms with Crippen LogP contribution in [-0.2, 0) is 5.66 Å². The zero-order valence-corrected chi connectivity index (χ0v) is 15.6. The summed E-state index contributed by atoms with van der Waals surface area (Å²) < 4.78 is 0. The zero-order valence-electron chi connectivity index (χ0n) is 15.6. The van der Waals surface area contributed by atoms with Crippen LogP contribution < -0.4 is 15.9 Å². The van der Waals surface area contributed by atoms with Crippen LogP contribution >= 0.6 is 0 Å². The Hall–Kier alpha value is -3.75. The highest BCUT2D eigenvalue weighted by atomic mass is 16.6. The lowest BCUT2D eigenvalue weighted by Gasteiger charge is -2.48. The third-order valence-corrected chi connectivity index (χ3v) is 4.83. The topological polar surface area (TPSA) is 90.8 Å². The average molecular weight is 389 g/mol. The fourth-order valence-corrected chi connectivity index (χ4v) is 3.39. The summed E-state index contributed by atoms with van der Waals surface area (Å²) in [6.07, 6.45) is 0. The largest absolute Gasteiger partial charge is 0.353 e. The third kappa shape index (κ3) is 3.31. The molecule has 2 amide bonds. The fraction of sp³-hybridized carbons (Fsp3) is 0.0952. The maximum atomic E-state index is 12.9. The van der Waals surface area contributed by atoms with Crippen molar-refractivity contribution < 1.29 is 9.72 Å². The molecule has 0 saturated carbocycles. The van der Waals surface area contributed by atoms with Gasteiger partial charge >= 0.3 is 6.03 Å². The Morgan fingerprint density at radius 2 is 1.34 bits per heavy atom. The van der Waals surface area contributed by atoms with Crippen molar-refractivity contribution in [3.05, 3.63) is 106 Å². The van der Waals surface area contributed by atoms with Gasteiger partial charge in [-0.25, -0.2) is 15.2 Å². The summed E-state index contributed by atoms with van der Waals surface area (Å²) in [5.74, 6) is 0. The molecule has 1 fully saturated rings. The first-order chi connectivity index (χ1) is 14.0. The molecule has 8 heteroatoms. The first-order valence-electron chi connectivity index (χ1n) is 9.00. The van der Waals surface area contributed by atoms with Crippen LogP contribution in [0.1, 0.15) is 11.1 Å². The number of hydrazine groups is 2. The number of urea groups is 1. The summed E-state index contributed by atoms with van der Waals surface area (Å²) >= 11 is 0. The predicted octanol–water partition coefficient (Wildman–Crippen LogP) is 3.38. The number of amides is 2. The number of nitrogens with zero attached hydrogens (tertiary/aromatic N) is 3. The van der Waals surface area contributed by atoms with Gasteiger partial charge in [0.15, 0.2) is 5.66 Å². The number of nitro benzene ring substituents is 1. The Bertz CT molecular complexity index is 986. The number of benzene rings is 3. The number of carbonyl (C=O) groups is 1. The molecule has 1 heterocycles. The van der Waals surface area contributed by atoms with Crippen LogP contribution in [0.25, 0.3) is 0 Å². The van der Waals surface area contributed by atoms with E-state index in [9.17, 15) is 14.9 Å². The standard InChI is InChI=1S/C21H19N5O3/c1-24-20(27)25(18-12-14-19(15-13-18)26(28)29)23-21(22-24,16-8-4-2-5-9-16)17-10-6-3-7-11-17/h2-15,22-23H,1H3. The maximum absolute atomic E-state index is 12.9. The van der Waals surface area contributed by atoms with Gasteiger partial charge in [0.2, 0.25) is 0 Å². The van der Waals surface area contributed by atoms with Crippen LogP contribution in [0.4, 0.5) is 16.2 Å². The number of hydrogen-bond donors (Lipinski definition) is 2. The number of nitrogens with one attached hydrogen (secondary N) is 2. The Morgan fingerprint density at radius 1 is 0.828 bits per heavy atom. The monoisotopic (exact) mass is 389 g/mol. The molecule has 29 heavy (non-hydrogen) atoms. The van der Waals surface area contributed by atoms with Crippen molar-refractivity contribution in [1.82, 2.24) is 15.9 Å². The van der Waals surface area contributed by atoms with Gasteiger partial charge < -0.3 is 0 Å². The van der Waals surface area contributed by atoms with E-state index < -0.39 is 10.6 Å². The molecule has 0 radical (unpaired) electrons.